The largest absolute Gasteiger partial charge is 0.314 e. The van der Waals surface area contributed by atoms with Crippen LogP contribution in [0.1, 0.15) is 37.1 Å². The second-order valence-corrected chi connectivity index (χ2v) is 7.51. The maximum Gasteiger partial charge on any atom is 0.246 e. The van der Waals surface area contributed by atoms with E-state index >= 15 is 0 Å². The van der Waals surface area contributed by atoms with E-state index < -0.39 is 10.0 Å². The van der Waals surface area contributed by atoms with Crippen LogP contribution in [0.2, 0.25) is 0 Å². The van der Waals surface area contributed by atoms with E-state index in [2.05, 4.69) is 15.5 Å². The summed E-state index contributed by atoms with van der Waals surface area (Å²) in [4.78, 5) is 0.316. The fraction of sp³-hybridized carbons (Fsp3) is 0.769. The highest BCUT2D eigenvalue weighted by Crippen LogP contribution is 2.21. The molecular weight excluding hydrogens is 276 g/mol. The quantitative estimate of drug-likeness (QED) is 0.856. The van der Waals surface area contributed by atoms with Gasteiger partial charge in [-0.15, -0.1) is 0 Å². The number of aromatic nitrogens is 2. The molecule has 0 radical (unpaired) electrons. The lowest BCUT2D eigenvalue weighted by molar-refractivity contribution is 0.351. The van der Waals surface area contributed by atoms with Crippen LogP contribution in [0.4, 0.5) is 0 Å². The first-order chi connectivity index (χ1) is 9.43. The van der Waals surface area contributed by atoms with Crippen molar-refractivity contribution in [3.63, 3.8) is 0 Å². The van der Waals surface area contributed by atoms with E-state index in [0.717, 1.165) is 19.4 Å². The molecule has 0 bridgehead atoms. The Balaban J connectivity index is 2.02. The van der Waals surface area contributed by atoms with Crippen LogP contribution in [0.25, 0.3) is 0 Å². The molecule has 1 aromatic heterocycles. The molecule has 2 rings (SSSR count). The summed E-state index contributed by atoms with van der Waals surface area (Å²) in [6.07, 6.45) is 4.44. The van der Waals surface area contributed by atoms with Gasteiger partial charge in [0.25, 0.3) is 0 Å². The van der Waals surface area contributed by atoms with Crippen LogP contribution < -0.4 is 5.32 Å². The van der Waals surface area contributed by atoms with Gasteiger partial charge in [-0.05, 0) is 39.7 Å². The van der Waals surface area contributed by atoms with Gasteiger partial charge in [-0.3, -0.25) is 5.10 Å². The van der Waals surface area contributed by atoms with E-state index in [1.807, 2.05) is 0 Å². The third kappa shape index (κ3) is 3.21. The van der Waals surface area contributed by atoms with Crippen molar-refractivity contribution >= 4 is 10.0 Å². The highest BCUT2D eigenvalue weighted by atomic mass is 32.2. The van der Waals surface area contributed by atoms with Crippen LogP contribution in [0.5, 0.6) is 0 Å². The topological polar surface area (TPSA) is 78.1 Å². The van der Waals surface area contributed by atoms with Crippen LogP contribution in [0.3, 0.4) is 0 Å². The maximum atomic E-state index is 12.6. The SMILES string of the molecule is Cc1n[nH]c(C)c1S(=O)(=O)N(C)CCC1CCCCN1. The number of rotatable bonds is 5. The lowest BCUT2D eigenvalue weighted by atomic mass is 10.0. The Morgan fingerprint density at radius 1 is 1.35 bits per heavy atom. The number of nitrogens with zero attached hydrogens (tertiary/aromatic N) is 2. The monoisotopic (exact) mass is 300 g/mol. The molecule has 20 heavy (non-hydrogen) atoms. The number of hydrogen-bond donors (Lipinski definition) is 2. The summed E-state index contributed by atoms with van der Waals surface area (Å²) < 4.78 is 26.5. The van der Waals surface area contributed by atoms with Gasteiger partial charge in [0.2, 0.25) is 10.0 Å². The van der Waals surface area contributed by atoms with Crippen molar-refractivity contribution in [3.8, 4) is 0 Å². The molecule has 1 aromatic rings. The number of nitrogens with one attached hydrogen (secondary N) is 2. The van der Waals surface area contributed by atoms with E-state index in [4.69, 9.17) is 0 Å². The zero-order valence-corrected chi connectivity index (χ0v) is 13.3. The molecule has 0 aliphatic carbocycles. The van der Waals surface area contributed by atoms with Gasteiger partial charge < -0.3 is 5.32 Å². The molecule has 2 heterocycles. The van der Waals surface area contributed by atoms with Crippen LogP contribution in [-0.4, -0.2) is 49.1 Å². The molecule has 1 fully saturated rings. The summed E-state index contributed by atoms with van der Waals surface area (Å²) in [5.74, 6) is 0. The van der Waals surface area contributed by atoms with Gasteiger partial charge in [0.1, 0.15) is 4.90 Å². The van der Waals surface area contributed by atoms with Crippen molar-refractivity contribution < 1.29 is 8.42 Å². The minimum absolute atomic E-state index is 0.316. The fourth-order valence-electron chi connectivity index (χ4n) is 2.70. The average Bonchev–Trinajstić information content (AvgIpc) is 2.77. The molecule has 1 saturated heterocycles. The molecule has 1 unspecified atom stereocenters. The highest BCUT2D eigenvalue weighted by Gasteiger charge is 2.27. The Morgan fingerprint density at radius 2 is 2.10 bits per heavy atom. The first-order valence-corrected chi connectivity index (χ1v) is 8.58. The van der Waals surface area contributed by atoms with E-state index in [1.165, 1.54) is 17.1 Å². The molecule has 7 heteroatoms. The Kier molecular flexibility index (Phi) is 4.82. The Morgan fingerprint density at radius 3 is 2.65 bits per heavy atom. The molecule has 1 aliphatic heterocycles. The van der Waals surface area contributed by atoms with Gasteiger partial charge in [-0.1, -0.05) is 6.42 Å². The highest BCUT2D eigenvalue weighted by molar-refractivity contribution is 7.89. The first-order valence-electron chi connectivity index (χ1n) is 7.14. The van der Waals surface area contributed by atoms with Crippen molar-refractivity contribution in [1.82, 2.24) is 19.8 Å². The molecule has 0 spiro atoms. The number of aromatic amines is 1. The predicted octanol–water partition coefficient (Wildman–Crippen LogP) is 1.18. The molecule has 2 N–H and O–H groups in total. The van der Waals surface area contributed by atoms with Crippen LogP contribution >= 0.6 is 0 Å². The van der Waals surface area contributed by atoms with Gasteiger partial charge in [0.15, 0.2) is 0 Å². The Labute approximate surface area is 121 Å². The molecule has 6 nitrogen and oxygen atoms in total. The minimum Gasteiger partial charge on any atom is -0.314 e. The van der Waals surface area contributed by atoms with Gasteiger partial charge in [0, 0.05) is 19.6 Å². The second kappa shape index (κ2) is 6.24. The van der Waals surface area contributed by atoms with E-state index in [0.29, 0.717) is 28.9 Å². The standard InChI is InChI=1S/C13H24N4O2S/c1-10-13(11(2)16-15-10)20(18,19)17(3)9-7-12-6-4-5-8-14-12/h12,14H,4-9H2,1-3H3,(H,15,16). The van der Waals surface area contributed by atoms with Gasteiger partial charge in [-0.25, -0.2) is 12.7 Å². The number of aryl methyl sites for hydroxylation is 2. The average molecular weight is 300 g/mol. The van der Waals surface area contributed by atoms with Crippen molar-refractivity contribution in [2.24, 2.45) is 0 Å². The molecule has 1 aliphatic rings. The van der Waals surface area contributed by atoms with Crippen molar-refractivity contribution in [2.75, 3.05) is 20.1 Å². The summed E-state index contributed by atoms with van der Waals surface area (Å²) in [7, 11) is -1.80. The van der Waals surface area contributed by atoms with E-state index in [9.17, 15) is 8.42 Å². The van der Waals surface area contributed by atoms with Gasteiger partial charge >= 0.3 is 0 Å². The second-order valence-electron chi connectivity index (χ2n) is 5.53. The number of H-pyrrole nitrogens is 1. The fourth-order valence-corrected chi connectivity index (χ4v) is 4.21. The minimum atomic E-state index is -3.45. The molecule has 1 atom stereocenters. The lowest BCUT2D eigenvalue weighted by Crippen LogP contribution is -2.38. The van der Waals surface area contributed by atoms with Crippen LogP contribution in [0, 0.1) is 13.8 Å². The summed E-state index contributed by atoms with van der Waals surface area (Å²) >= 11 is 0. The maximum absolute atomic E-state index is 12.6. The molecule has 0 aromatic carbocycles. The van der Waals surface area contributed by atoms with Crippen LogP contribution in [0.15, 0.2) is 4.90 Å². The third-order valence-electron chi connectivity index (χ3n) is 3.93. The summed E-state index contributed by atoms with van der Waals surface area (Å²) in [5, 5.41) is 10.2. The first kappa shape index (κ1) is 15.5. The normalized spacial score (nSPS) is 20.5. The van der Waals surface area contributed by atoms with E-state index in [-0.39, 0.29) is 0 Å². The number of sulfonamides is 1. The van der Waals surface area contributed by atoms with Gasteiger partial charge in [-0.2, -0.15) is 5.10 Å². The summed E-state index contributed by atoms with van der Waals surface area (Å²) in [6.45, 7) is 5.03. The number of piperidine rings is 1. The van der Waals surface area contributed by atoms with Crippen molar-refractivity contribution in [3.05, 3.63) is 11.4 Å². The third-order valence-corrected chi connectivity index (χ3v) is 6.05. The number of hydrogen-bond acceptors (Lipinski definition) is 4. The van der Waals surface area contributed by atoms with Crippen molar-refractivity contribution in [2.45, 2.75) is 50.5 Å². The van der Waals surface area contributed by atoms with Gasteiger partial charge in [0.05, 0.1) is 11.4 Å². The molecule has 0 saturated carbocycles. The zero-order valence-electron chi connectivity index (χ0n) is 12.4. The smallest absolute Gasteiger partial charge is 0.246 e. The summed E-state index contributed by atoms with van der Waals surface area (Å²) in [5.41, 5.74) is 1.13. The Bertz CT molecular complexity index is 527. The molecule has 0 amide bonds. The Hall–Kier alpha value is -0.920. The van der Waals surface area contributed by atoms with Crippen LogP contribution in [-0.2, 0) is 10.0 Å². The summed E-state index contributed by atoms with van der Waals surface area (Å²) in [6, 6.07) is 0.438. The zero-order chi connectivity index (χ0) is 14.8. The molecular formula is C13H24N4O2S. The van der Waals surface area contributed by atoms with E-state index in [1.54, 1.807) is 20.9 Å². The predicted molar refractivity (Wildman–Crippen MR) is 78.1 cm³/mol. The molecule has 114 valence electrons. The lowest BCUT2D eigenvalue weighted by Gasteiger charge is -2.25. The van der Waals surface area contributed by atoms with Crippen molar-refractivity contribution in [1.29, 1.82) is 0 Å².